The molecule has 0 N–H and O–H groups in total. The van der Waals surface area contributed by atoms with E-state index in [0.717, 1.165) is 6.42 Å². The number of thioether (sulfide) groups is 1. The molecule has 1 saturated heterocycles. The number of hydrogen-bond donors (Lipinski definition) is 0. The normalized spacial score (nSPS) is 28.6. The van der Waals surface area contributed by atoms with Crippen molar-refractivity contribution < 1.29 is 33.3 Å². The molecule has 5 atom stereocenters. The van der Waals surface area contributed by atoms with Gasteiger partial charge in [0.05, 0.1) is 6.61 Å². The largest absolute Gasteiger partial charge is 0.456 e. The number of ether oxygens (including phenoxy) is 4. The van der Waals surface area contributed by atoms with E-state index in [0.29, 0.717) is 0 Å². The van der Waals surface area contributed by atoms with Gasteiger partial charge in [-0.3, -0.25) is 14.4 Å². The zero-order valence-corrected chi connectivity index (χ0v) is 14.9. The summed E-state index contributed by atoms with van der Waals surface area (Å²) >= 11 is 1.49. The highest BCUT2D eigenvalue weighted by atomic mass is 32.2. The average molecular weight is 348 g/mol. The van der Waals surface area contributed by atoms with Gasteiger partial charge < -0.3 is 18.9 Å². The fraction of sp³-hybridized carbons (Fsp3) is 0.800. The molecule has 1 aliphatic heterocycles. The SMILES string of the molecule is CCC(C)S[C@@H]1OC[C@@H](OC(C)=O)[C@H](OC(C)=O)[C@H]1OC(C)=O. The van der Waals surface area contributed by atoms with Crippen LogP contribution in [0.4, 0.5) is 0 Å². The molecule has 1 fully saturated rings. The van der Waals surface area contributed by atoms with E-state index in [-0.39, 0.29) is 11.9 Å². The van der Waals surface area contributed by atoms with Crippen molar-refractivity contribution in [3.05, 3.63) is 0 Å². The highest BCUT2D eigenvalue weighted by Crippen LogP contribution is 2.33. The lowest BCUT2D eigenvalue weighted by molar-refractivity contribution is -0.213. The second-order valence-electron chi connectivity index (χ2n) is 5.35. The van der Waals surface area contributed by atoms with Crippen molar-refractivity contribution >= 4 is 29.7 Å². The van der Waals surface area contributed by atoms with Crippen LogP contribution < -0.4 is 0 Å². The van der Waals surface area contributed by atoms with Crippen LogP contribution >= 0.6 is 11.8 Å². The minimum atomic E-state index is -0.893. The molecular weight excluding hydrogens is 324 g/mol. The third-order valence-corrected chi connectivity index (χ3v) is 4.72. The monoisotopic (exact) mass is 348 g/mol. The van der Waals surface area contributed by atoms with E-state index in [4.69, 9.17) is 18.9 Å². The molecule has 0 aromatic rings. The first-order chi connectivity index (χ1) is 10.7. The van der Waals surface area contributed by atoms with Gasteiger partial charge in [0.2, 0.25) is 0 Å². The van der Waals surface area contributed by atoms with E-state index in [1.807, 2.05) is 13.8 Å². The third-order valence-electron chi connectivity index (χ3n) is 3.25. The molecular formula is C15H24O7S. The molecule has 0 amide bonds. The molecule has 0 spiro atoms. The lowest BCUT2D eigenvalue weighted by atomic mass is 10.1. The predicted octanol–water partition coefficient (Wildman–Crippen LogP) is 1.67. The molecule has 1 aliphatic rings. The van der Waals surface area contributed by atoms with Gasteiger partial charge in [0.15, 0.2) is 18.3 Å². The average Bonchev–Trinajstić information content (AvgIpc) is 2.43. The number of carbonyl (C=O) groups excluding carboxylic acids is 3. The molecule has 8 heteroatoms. The molecule has 1 rings (SSSR count). The van der Waals surface area contributed by atoms with Crippen molar-refractivity contribution in [2.24, 2.45) is 0 Å². The Morgan fingerprint density at radius 1 is 1.04 bits per heavy atom. The van der Waals surface area contributed by atoms with E-state index in [9.17, 15) is 14.4 Å². The van der Waals surface area contributed by atoms with Crippen molar-refractivity contribution in [1.82, 2.24) is 0 Å². The van der Waals surface area contributed by atoms with E-state index >= 15 is 0 Å². The third kappa shape index (κ3) is 6.39. The van der Waals surface area contributed by atoms with Crippen LogP contribution in [-0.2, 0) is 33.3 Å². The van der Waals surface area contributed by atoms with Gasteiger partial charge in [-0.2, -0.15) is 0 Å². The van der Waals surface area contributed by atoms with Gasteiger partial charge in [0.25, 0.3) is 0 Å². The van der Waals surface area contributed by atoms with E-state index < -0.39 is 41.7 Å². The van der Waals surface area contributed by atoms with E-state index in [2.05, 4.69) is 0 Å². The minimum absolute atomic E-state index is 0.0728. The molecule has 0 saturated carbocycles. The number of rotatable bonds is 6. The molecule has 0 aromatic heterocycles. The summed E-state index contributed by atoms with van der Waals surface area (Å²) in [6.07, 6.45) is -1.64. The van der Waals surface area contributed by atoms with Gasteiger partial charge in [-0.25, -0.2) is 0 Å². The zero-order valence-electron chi connectivity index (χ0n) is 14.1. The molecule has 0 aliphatic carbocycles. The van der Waals surface area contributed by atoms with Crippen LogP contribution in [0.25, 0.3) is 0 Å². The summed E-state index contributed by atoms with van der Waals surface area (Å²) in [5.41, 5.74) is -0.495. The quantitative estimate of drug-likeness (QED) is 0.529. The lowest BCUT2D eigenvalue weighted by Gasteiger charge is -2.40. The summed E-state index contributed by atoms with van der Waals surface area (Å²) in [5, 5.41) is 0.265. The molecule has 132 valence electrons. The molecule has 0 bridgehead atoms. The summed E-state index contributed by atoms with van der Waals surface area (Å²) in [6, 6.07) is 0. The van der Waals surface area contributed by atoms with Gasteiger partial charge in [-0.1, -0.05) is 13.8 Å². The van der Waals surface area contributed by atoms with Gasteiger partial charge in [0.1, 0.15) is 5.44 Å². The van der Waals surface area contributed by atoms with Crippen molar-refractivity contribution in [1.29, 1.82) is 0 Å². The molecule has 0 radical (unpaired) electrons. The Bertz CT molecular complexity index is 440. The molecule has 23 heavy (non-hydrogen) atoms. The molecule has 1 unspecified atom stereocenters. The van der Waals surface area contributed by atoms with Crippen LogP contribution in [0.2, 0.25) is 0 Å². The van der Waals surface area contributed by atoms with Crippen molar-refractivity contribution in [3.63, 3.8) is 0 Å². The number of esters is 3. The molecule has 0 aromatic carbocycles. The van der Waals surface area contributed by atoms with Crippen LogP contribution in [0.15, 0.2) is 0 Å². The van der Waals surface area contributed by atoms with E-state index in [1.165, 1.54) is 32.5 Å². The summed E-state index contributed by atoms with van der Waals surface area (Å²) in [6.45, 7) is 7.91. The minimum Gasteiger partial charge on any atom is -0.456 e. The van der Waals surface area contributed by atoms with Gasteiger partial charge in [0, 0.05) is 26.0 Å². The lowest BCUT2D eigenvalue weighted by Crippen LogP contribution is -2.56. The second kappa shape index (κ2) is 9.12. The van der Waals surface area contributed by atoms with Crippen LogP contribution in [0.5, 0.6) is 0 Å². The Morgan fingerprint density at radius 3 is 2.04 bits per heavy atom. The van der Waals surface area contributed by atoms with Crippen LogP contribution in [0.3, 0.4) is 0 Å². The summed E-state index contributed by atoms with van der Waals surface area (Å²) in [5.74, 6) is -1.59. The first kappa shape index (κ1) is 19.8. The van der Waals surface area contributed by atoms with E-state index in [1.54, 1.807) is 0 Å². The Hall–Kier alpha value is -1.28. The van der Waals surface area contributed by atoms with Gasteiger partial charge in [-0.15, -0.1) is 11.8 Å². The summed E-state index contributed by atoms with van der Waals surface area (Å²) < 4.78 is 21.5. The van der Waals surface area contributed by atoms with Gasteiger partial charge >= 0.3 is 17.9 Å². The van der Waals surface area contributed by atoms with Crippen LogP contribution in [0.1, 0.15) is 41.0 Å². The van der Waals surface area contributed by atoms with Crippen molar-refractivity contribution in [3.8, 4) is 0 Å². The Kier molecular flexibility index (Phi) is 7.84. The maximum absolute atomic E-state index is 11.4. The Balaban J connectivity index is 3.01. The Labute approximate surface area is 140 Å². The molecule has 7 nitrogen and oxygen atoms in total. The summed E-state index contributed by atoms with van der Waals surface area (Å²) in [7, 11) is 0. The first-order valence-electron chi connectivity index (χ1n) is 7.53. The second-order valence-corrected chi connectivity index (χ2v) is 6.89. The fourth-order valence-electron chi connectivity index (χ4n) is 2.15. The predicted molar refractivity (Wildman–Crippen MR) is 83.7 cm³/mol. The maximum atomic E-state index is 11.4. The summed E-state index contributed by atoms with van der Waals surface area (Å²) in [4.78, 5) is 34.1. The number of carbonyl (C=O) groups is 3. The Morgan fingerprint density at radius 2 is 1.57 bits per heavy atom. The maximum Gasteiger partial charge on any atom is 0.303 e. The van der Waals surface area contributed by atoms with Crippen molar-refractivity contribution in [2.75, 3.05) is 6.61 Å². The standard InChI is InChI=1S/C15H24O7S/c1-6-8(2)23-15-14(22-11(5)18)13(21-10(4)17)12(7-19-15)20-9(3)16/h8,12-15H,6-7H2,1-5H3/t8?,12-,13+,14-,15+/m1/s1. The van der Waals surface area contributed by atoms with Crippen molar-refractivity contribution in [2.45, 2.75) is 70.0 Å². The number of hydrogen-bond acceptors (Lipinski definition) is 8. The molecule has 1 heterocycles. The smallest absolute Gasteiger partial charge is 0.303 e. The van der Waals surface area contributed by atoms with Crippen LogP contribution in [-0.4, -0.2) is 53.5 Å². The van der Waals surface area contributed by atoms with Crippen LogP contribution in [0, 0.1) is 0 Å². The highest BCUT2D eigenvalue weighted by molar-refractivity contribution is 8.00. The fourth-order valence-corrected chi connectivity index (χ4v) is 3.32. The highest BCUT2D eigenvalue weighted by Gasteiger charge is 2.47. The topological polar surface area (TPSA) is 88.1 Å². The zero-order chi connectivity index (χ0) is 17.6. The first-order valence-corrected chi connectivity index (χ1v) is 8.47. The van der Waals surface area contributed by atoms with Gasteiger partial charge in [-0.05, 0) is 6.42 Å².